The van der Waals surface area contributed by atoms with E-state index in [9.17, 15) is 0 Å². The Labute approximate surface area is 104 Å². The highest BCUT2D eigenvalue weighted by atomic mass is 16.5. The lowest BCUT2D eigenvalue weighted by Gasteiger charge is -2.26. The highest BCUT2D eigenvalue weighted by Gasteiger charge is 2.18. The van der Waals surface area contributed by atoms with Gasteiger partial charge in [-0.25, -0.2) is 0 Å². The molecule has 1 aromatic rings. The van der Waals surface area contributed by atoms with Gasteiger partial charge in [-0.15, -0.1) is 0 Å². The molecule has 1 fully saturated rings. The summed E-state index contributed by atoms with van der Waals surface area (Å²) >= 11 is 0. The second kappa shape index (κ2) is 6.06. The molecule has 0 saturated heterocycles. The molecule has 1 aromatic carbocycles. The maximum atomic E-state index is 6.01. The topological polar surface area (TPSA) is 35.2 Å². The van der Waals surface area contributed by atoms with E-state index < -0.39 is 0 Å². The standard InChI is InChI=1S/C15H23NO/c1-2-14(16)10-13-8-3-4-9-15(13)17-11-12-6-5-7-12/h3-4,8-9,12,14H,2,5-7,10-11,16H2,1H3. The van der Waals surface area contributed by atoms with E-state index in [0.717, 1.165) is 31.1 Å². The average molecular weight is 233 g/mol. The minimum absolute atomic E-state index is 0.239. The van der Waals surface area contributed by atoms with E-state index >= 15 is 0 Å². The summed E-state index contributed by atoms with van der Waals surface area (Å²) in [6.45, 7) is 3.00. The number of hydrogen-bond acceptors (Lipinski definition) is 2. The van der Waals surface area contributed by atoms with Crippen LogP contribution in [0.5, 0.6) is 5.75 Å². The zero-order chi connectivity index (χ0) is 12.1. The van der Waals surface area contributed by atoms with Crippen molar-refractivity contribution < 1.29 is 4.74 Å². The predicted molar refractivity (Wildman–Crippen MR) is 71.2 cm³/mol. The van der Waals surface area contributed by atoms with Crippen molar-refractivity contribution in [1.82, 2.24) is 0 Å². The second-order valence-corrected chi connectivity index (χ2v) is 5.09. The normalized spacial score (nSPS) is 17.5. The first kappa shape index (κ1) is 12.4. The highest BCUT2D eigenvalue weighted by molar-refractivity contribution is 5.34. The van der Waals surface area contributed by atoms with Gasteiger partial charge in [0.25, 0.3) is 0 Å². The molecule has 94 valence electrons. The zero-order valence-corrected chi connectivity index (χ0v) is 10.7. The Balaban J connectivity index is 1.94. The van der Waals surface area contributed by atoms with Gasteiger partial charge in [-0.2, -0.15) is 0 Å². The van der Waals surface area contributed by atoms with Gasteiger partial charge in [0.1, 0.15) is 5.75 Å². The van der Waals surface area contributed by atoms with Crippen LogP contribution < -0.4 is 10.5 Å². The number of ether oxygens (including phenoxy) is 1. The predicted octanol–water partition coefficient (Wildman–Crippen LogP) is 3.15. The fourth-order valence-electron chi connectivity index (χ4n) is 2.11. The summed E-state index contributed by atoms with van der Waals surface area (Å²) in [5, 5.41) is 0. The molecule has 2 heteroatoms. The number of nitrogens with two attached hydrogens (primary N) is 1. The summed E-state index contributed by atoms with van der Waals surface area (Å²) in [5.41, 5.74) is 7.26. The fourth-order valence-corrected chi connectivity index (χ4v) is 2.11. The van der Waals surface area contributed by atoms with E-state index in [1.54, 1.807) is 0 Å². The Hall–Kier alpha value is -1.02. The summed E-state index contributed by atoms with van der Waals surface area (Å²) < 4.78 is 5.93. The third kappa shape index (κ3) is 3.47. The largest absolute Gasteiger partial charge is 0.493 e. The molecule has 2 N–H and O–H groups in total. The molecular weight excluding hydrogens is 210 g/mol. The lowest BCUT2D eigenvalue weighted by atomic mass is 9.86. The van der Waals surface area contributed by atoms with Gasteiger partial charge in [-0.3, -0.25) is 0 Å². The number of rotatable bonds is 6. The molecule has 0 bridgehead atoms. The molecule has 17 heavy (non-hydrogen) atoms. The van der Waals surface area contributed by atoms with Crippen LogP contribution in [0.25, 0.3) is 0 Å². The average Bonchev–Trinajstić information content (AvgIpc) is 2.29. The maximum absolute atomic E-state index is 6.01. The van der Waals surface area contributed by atoms with Crippen LogP contribution in [0, 0.1) is 5.92 Å². The number of para-hydroxylation sites is 1. The first-order valence-corrected chi connectivity index (χ1v) is 6.76. The summed E-state index contributed by atoms with van der Waals surface area (Å²) in [7, 11) is 0. The summed E-state index contributed by atoms with van der Waals surface area (Å²) in [5.74, 6) is 1.81. The zero-order valence-electron chi connectivity index (χ0n) is 10.7. The van der Waals surface area contributed by atoms with Crippen molar-refractivity contribution in [3.8, 4) is 5.75 Å². The van der Waals surface area contributed by atoms with Crippen LogP contribution in [0.2, 0.25) is 0 Å². The molecule has 2 nitrogen and oxygen atoms in total. The molecule has 0 radical (unpaired) electrons. The second-order valence-electron chi connectivity index (χ2n) is 5.09. The van der Waals surface area contributed by atoms with Gasteiger partial charge in [-0.1, -0.05) is 31.5 Å². The van der Waals surface area contributed by atoms with Gasteiger partial charge in [0.05, 0.1) is 6.61 Å². The summed E-state index contributed by atoms with van der Waals surface area (Å²) in [6, 6.07) is 8.54. The van der Waals surface area contributed by atoms with Crippen molar-refractivity contribution >= 4 is 0 Å². The Morgan fingerprint density at radius 2 is 2.12 bits per heavy atom. The SMILES string of the molecule is CCC(N)Cc1ccccc1OCC1CCC1. The maximum Gasteiger partial charge on any atom is 0.122 e. The van der Waals surface area contributed by atoms with E-state index in [2.05, 4.69) is 25.1 Å². The monoisotopic (exact) mass is 233 g/mol. The van der Waals surface area contributed by atoms with Crippen molar-refractivity contribution in [3.63, 3.8) is 0 Å². The molecule has 1 aliphatic carbocycles. The Morgan fingerprint density at radius 1 is 1.35 bits per heavy atom. The van der Waals surface area contributed by atoms with Crippen molar-refractivity contribution in [2.75, 3.05) is 6.61 Å². The van der Waals surface area contributed by atoms with Gasteiger partial charge in [0.2, 0.25) is 0 Å². The third-order valence-corrected chi connectivity index (χ3v) is 3.68. The molecule has 0 amide bonds. The first-order valence-electron chi connectivity index (χ1n) is 6.76. The lowest BCUT2D eigenvalue weighted by Crippen LogP contribution is -2.23. The van der Waals surface area contributed by atoms with Gasteiger partial charge < -0.3 is 10.5 Å². The third-order valence-electron chi connectivity index (χ3n) is 3.68. The minimum Gasteiger partial charge on any atom is -0.493 e. The van der Waals surface area contributed by atoms with E-state index in [0.29, 0.717) is 0 Å². The van der Waals surface area contributed by atoms with Crippen LogP contribution >= 0.6 is 0 Å². The van der Waals surface area contributed by atoms with Crippen LogP contribution in [0.3, 0.4) is 0 Å². The highest BCUT2D eigenvalue weighted by Crippen LogP contribution is 2.28. The molecule has 0 heterocycles. The molecular formula is C15H23NO. The molecule has 1 atom stereocenters. The van der Waals surface area contributed by atoms with E-state index in [1.165, 1.54) is 24.8 Å². The lowest BCUT2D eigenvalue weighted by molar-refractivity contribution is 0.179. The van der Waals surface area contributed by atoms with Gasteiger partial charge in [0, 0.05) is 6.04 Å². The molecule has 1 unspecified atom stereocenters. The van der Waals surface area contributed by atoms with Crippen molar-refractivity contribution in [1.29, 1.82) is 0 Å². The van der Waals surface area contributed by atoms with Crippen LogP contribution in [0.1, 0.15) is 38.2 Å². The van der Waals surface area contributed by atoms with Crippen LogP contribution in [-0.4, -0.2) is 12.6 Å². The van der Waals surface area contributed by atoms with E-state index in [1.807, 2.05) is 6.07 Å². The van der Waals surface area contributed by atoms with Crippen molar-refractivity contribution in [3.05, 3.63) is 29.8 Å². The van der Waals surface area contributed by atoms with Crippen LogP contribution in [-0.2, 0) is 6.42 Å². The molecule has 0 aliphatic heterocycles. The number of hydrogen-bond donors (Lipinski definition) is 1. The molecule has 2 rings (SSSR count). The van der Waals surface area contributed by atoms with Gasteiger partial charge in [-0.05, 0) is 43.2 Å². The fraction of sp³-hybridized carbons (Fsp3) is 0.600. The first-order chi connectivity index (χ1) is 8.29. The summed E-state index contributed by atoms with van der Waals surface area (Å²) in [6.07, 6.45) is 5.96. The summed E-state index contributed by atoms with van der Waals surface area (Å²) in [4.78, 5) is 0. The molecule has 1 saturated carbocycles. The molecule has 1 aliphatic rings. The van der Waals surface area contributed by atoms with Crippen molar-refractivity contribution in [2.24, 2.45) is 11.7 Å². The van der Waals surface area contributed by atoms with Crippen LogP contribution in [0.4, 0.5) is 0 Å². The van der Waals surface area contributed by atoms with Gasteiger partial charge in [0.15, 0.2) is 0 Å². The molecule has 0 spiro atoms. The Bertz CT molecular complexity index is 347. The quantitative estimate of drug-likeness (QED) is 0.819. The minimum atomic E-state index is 0.239. The Morgan fingerprint density at radius 3 is 2.76 bits per heavy atom. The van der Waals surface area contributed by atoms with Gasteiger partial charge >= 0.3 is 0 Å². The van der Waals surface area contributed by atoms with E-state index in [4.69, 9.17) is 10.5 Å². The Kier molecular flexibility index (Phi) is 4.43. The van der Waals surface area contributed by atoms with E-state index in [-0.39, 0.29) is 6.04 Å². The van der Waals surface area contributed by atoms with Crippen molar-refractivity contribution in [2.45, 2.75) is 45.1 Å². The number of benzene rings is 1. The smallest absolute Gasteiger partial charge is 0.122 e. The van der Waals surface area contributed by atoms with Crippen LogP contribution in [0.15, 0.2) is 24.3 Å². The molecule has 0 aromatic heterocycles.